The van der Waals surface area contributed by atoms with Crippen LogP contribution in [0.15, 0.2) is 48.5 Å². The van der Waals surface area contributed by atoms with Crippen molar-refractivity contribution in [2.24, 2.45) is 0 Å². The van der Waals surface area contributed by atoms with Crippen LogP contribution in [0.5, 0.6) is 5.75 Å². The van der Waals surface area contributed by atoms with E-state index < -0.39 is 0 Å². The molecule has 8 nitrogen and oxygen atoms in total. The highest BCUT2D eigenvalue weighted by Crippen LogP contribution is 2.23. The Kier molecular flexibility index (Phi) is 9.34. The monoisotopic (exact) mass is 441 g/mol. The van der Waals surface area contributed by atoms with Crippen LogP contribution in [0.25, 0.3) is 0 Å². The van der Waals surface area contributed by atoms with E-state index in [4.69, 9.17) is 14.2 Å². The molecule has 0 aromatic heterocycles. The van der Waals surface area contributed by atoms with Crippen LogP contribution >= 0.6 is 0 Å². The summed E-state index contributed by atoms with van der Waals surface area (Å²) in [6.07, 6.45) is 2.13. The largest absolute Gasteiger partial charge is 0.489 e. The van der Waals surface area contributed by atoms with Gasteiger partial charge in [-0.2, -0.15) is 0 Å². The molecule has 1 aliphatic rings. The van der Waals surface area contributed by atoms with Crippen molar-refractivity contribution in [3.05, 3.63) is 54.1 Å². The maximum atomic E-state index is 12.4. The number of ether oxygens (including phenoxy) is 3. The van der Waals surface area contributed by atoms with Gasteiger partial charge < -0.3 is 30.2 Å². The second kappa shape index (κ2) is 12.7. The fraction of sp³-hybridized carbons (Fsp3) is 0.417. The number of carbonyl (C=O) groups is 2. The van der Waals surface area contributed by atoms with Crippen LogP contribution in [0.4, 0.5) is 11.4 Å². The highest BCUT2D eigenvalue weighted by atomic mass is 16.5. The minimum atomic E-state index is -0.204. The van der Waals surface area contributed by atoms with E-state index in [1.54, 1.807) is 36.4 Å². The summed E-state index contributed by atoms with van der Waals surface area (Å²) in [5.74, 6) is 0.258. The first-order valence-corrected chi connectivity index (χ1v) is 11.0. The molecule has 0 aliphatic carbocycles. The molecular formula is C24H31N3O5. The third kappa shape index (κ3) is 7.55. The van der Waals surface area contributed by atoms with Crippen molar-refractivity contribution in [2.75, 3.05) is 50.2 Å². The fourth-order valence-electron chi connectivity index (χ4n) is 3.28. The molecule has 1 unspecified atom stereocenters. The molecule has 2 aromatic rings. The number of carbonyl (C=O) groups excluding carboxylic acids is 2. The Hall–Kier alpha value is -3.10. The highest BCUT2D eigenvalue weighted by molar-refractivity contribution is 5.96. The lowest BCUT2D eigenvalue weighted by Gasteiger charge is -2.13. The van der Waals surface area contributed by atoms with E-state index in [9.17, 15) is 9.59 Å². The molecule has 1 heterocycles. The summed E-state index contributed by atoms with van der Waals surface area (Å²) in [5, 5.41) is 8.81. The van der Waals surface area contributed by atoms with Gasteiger partial charge in [-0.15, -0.1) is 0 Å². The normalized spacial score (nSPS) is 15.2. The number of rotatable bonds is 12. The number of amides is 2. The quantitative estimate of drug-likeness (QED) is 0.438. The van der Waals surface area contributed by atoms with Crippen molar-refractivity contribution in [2.45, 2.75) is 25.9 Å². The van der Waals surface area contributed by atoms with E-state index in [-0.39, 0.29) is 24.5 Å². The average molecular weight is 442 g/mol. The van der Waals surface area contributed by atoms with E-state index in [0.717, 1.165) is 25.1 Å². The van der Waals surface area contributed by atoms with Crippen molar-refractivity contribution in [1.82, 2.24) is 5.32 Å². The first-order valence-electron chi connectivity index (χ1n) is 11.0. The van der Waals surface area contributed by atoms with Crippen molar-refractivity contribution in [3.63, 3.8) is 0 Å². The summed E-state index contributed by atoms with van der Waals surface area (Å²) in [6.45, 7) is 4.83. The number of para-hydroxylation sites is 2. The summed E-state index contributed by atoms with van der Waals surface area (Å²) < 4.78 is 16.5. The average Bonchev–Trinajstić information content (AvgIpc) is 3.34. The second-order valence-electron chi connectivity index (χ2n) is 7.37. The molecule has 0 saturated carbocycles. The van der Waals surface area contributed by atoms with Crippen LogP contribution in [-0.4, -0.2) is 57.4 Å². The zero-order chi connectivity index (χ0) is 22.6. The van der Waals surface area contributed by atoms with E-state index in [0.29, 0.717) is 43.4 Å². The van der Waals surface area contributed by atoms with Crippen molar-refractivity contribution < 1.29 is 23.8 Å². The molecule has 0 spiro atoms. The Morgan fingerprint density at radius 1 is 1.09 bits per heavy atom. The molecule has 2 amide bonds. The molecule has 0 bridgehead atoms. The third-order valence-corrected chi connectivity index (χ3v) is 4.96. The zero-order valence-corrected chi connectivity index (χ0v) is 18.4. The molecule has 1 fully saturated rings. The smallest absolute Gasteiger partial charge is 0.251 e. The molecule has 3 N–H and O–H groups in total. The van der Waals surface area contributed by atoms with Crippen molar-refractivity contribution in [3.8, 4) is 5.75 Å². The van der Waals surface area contributed by atoms with Crippen LogP contribution < -0.4 is 20.7 Å². The topological polar surface area (TPSA) is 97.9 Å². The molecule has 0 radical (unpaired) electrons. The summed E-state index contributed by atoms with van der Waals surface area (Å²) in [4.78, 5) is 24.6. The van der Waals surface area contributed by atoms with Gasteiger partial charge in [-0.3, -0.25) is 9.59 Å². The van der Waals surface area contributed by atoms with Crippen LogP contribution in [0, 0.1) is 0 Å². The van der Waals surface area contributed by atoms with Gasteiger partial charge in [0.25, 0.3) is 5.91 Å². The lowest BCUT2D eigenvalue weighted by atomic mass is 10.2. The van der Waals surface area contributed by atoms with E-state index >= 15 is 0 Å². The van der Waals surface area contributed by atoms with Crippen LogP contribution in [-0.2, 0) is 14.3 Å². The van der Waals surface area contributed by atoms with Gasteiger partial charge in [0.2, 0.25) is 5.91 Å². The third-order valence-electron chi connectivity index (χ3n) is 4.96. The maximum Gasteiger partial charge on any atom is 0.251 e. The standard InChI is InChI=1S/C24H31N3O5/c1-2-30-14-15-32-22-8-4-3-7-21(22)27-23(28)17-25-19-11-9-18(10-12-19)24(29)26-16-20-6-5-13-31-20/h3-4,7-12,20,25H,2,5-6,13-17H2,1H3,(H,26,29)(H,27,28). The number of nitrogens with one attached hydrogen (secondary N) is 3. The molecule has 32 heavy (non-hydrogen) atoms. The molecular weight excluding hydrogens is 410 g/mol. The maximum absolute atomic E-state index is 12.4. The van der Waals surface area contributed by atoms with E-state index in [1.165, 1.54) is 0 Å². The van der Waals surface area contributed by atoms with Gasteiger partial charge in [0.15, 0.2) is 0 Å². The molecule has 1 saturated heterocycles. The molecule has 2 aromatic carbocycles. The van der Waals surface area contributed by atoms with E-state index in [2.05, 4.69) is 16.0 Å². The predicted octanol–water partition coefficient (Wildman–Crippen LogP) is 3.06. The second-order valence-corrected chi connectivity index (χ2v) is 7.37. The van der Waals surface area contributed by atoms with Crippen molar-refractivity contribution in [1.29, 1.82) is 0 Å². The Bertz CT molecular complexity index is 866. The van der Waals surface area contributed by atoms with E-state index in [1.807, 2.05) is 19.1 Å². The van der Waals surface area contributed by atoms with Gasteiger partial charge in [0.1, 0.15) is 12.4 Å². The Morgan fingerprint density at radius 2 is 1.91 bits per heavy atom. The number of anilines is 2. The van der Waals surface area contributed by atoms with Gasteiger partial charge in [0.05, 0.1) is 24.9 Å². The minimum absolute atomic E-state index is 0.0812. The van der Waals surface area contributed by atoms with Crippen LogP contribution in [0.1, 0.15) is 30.1 Å². The summed E-state index contributed by atoms with van der Waals surface area (Å²) in [5.41, 5.74) is 1.92. The van der Waals surface area contributed by atoms with Gasteiger partial charge in [-0.1, -0.05) is 12.1 Å². The minimum Gasteiger partial charge on any atom is -0.489 e. The molecule has 1 aliphatic heterocycles. The fourth-order valence-corrected chi connectivity index (χ4v) is 3.28. The van der Waals surface area contributed by atoms with Crippen LogP contribution in [0.2, 0.25) is 0 Å². The van der Waals surface area contributed by atoms with Crippen LogP contribution in [0.3, 0.4) is 0 Å². The Balaban J connectivity index is 1.43. The molecule has 8 heteroatoms. The Labute approximate surface area is 188 Å². The number of benzene rings is 2. The first kappa shape index (κ1) is 23.6. The molecule has 1 atom stereocenters. The lowest BCUT2D eigenvalue weighted by Crippen LogP contribution is -2.31. The summed E-state index contributed by atoms with van der Waals surface area (Å²) in [6, 6.07) is 14.3. The van der Waals surface area contributed by atoms with Crippen molar-refractivity contribution >= 4 is 23.2 Å². The summed E-state index contributed by atoms with van der Waals surface area (Å²) >= 11 is 0. The van der Waals surface area contributed by atoms with Gasteiger partial charge in [0, 0.05) is 31.0 Å². The molecule has 3 rings (SSSR count). The summed E-state index contributed by atoms with van der Waals surface area (Å²) in [7, 11) is 0. The lowest BCUT2D eigenvalue weighted by molar-refractivity contribution is -0.114. The Morgan fingerprint density at radius 3 is 2.66 bits per heavy atom. The predicted molar refractivity (Wildman–Crippen MR) is 123 cm³/mol. The van der Waals surface area contributed by atoms with Gasteiger partial charge in [-0.05, 0) is 56.2 Å². The zero-order valence-electron chi connectivity index (χ0n) is 18.4. The molecule has 172 valence electrons. The first-order chi connectivity index (χ1) is 15.7. The van der Waals surface area contributed by atoms with Gasteiger partial charge in [-0.25, -0.2) is 0 Å². The SMILES string of the molecule is CCOCCOc1ccccc1NC(=O)CNc1ccc(C(=O)NCC2CCCO2)cc1. The highest BCUT2D eigenvalue weighted by Gasteiger charge is 2.16. The number of hydrogen-bond acceptors (Lipinski definition) is 6. The number of hydrogen-bond donors (Lipinski definition) is 3. The van der Waals surface area contributed by atoms with Gasteiger partial charge >= 0.3 is 0 Å².